The number of nitrogens with zero attached hydrogens (tertiary/aromatic N) is 2. The van der Waals surface area contributed by atoms with E-state index in [0.717, 1.165) is 19.6 Å². The van der Waals surface area contributed by atoms with Gasteiger partial charge in [0.25, 0.3) is 5.56 Å². The molecule has 0 aromatic carbocycles. The van der Waals surface area contributed by atoms with E-state index in [9.17, 15) is 9.59 Å². The van der Waals surface area contributed by atoms with Crippen molar-refractivity contribution in [3.8, 4) is 0 Å². The van der Waals surface area contributed by atoms with E-state index in [1.165, 1.54) is 10.6 Å². The van der Waals surface area contributed by atoms with Gasteiger partial charge >= 0.3 is 5.69 Å². The van der Waals surface area contributed by atoms with Gasteiger partial charge < -0.3 is 0 Å². The fraction of sp³-hybridized carbons (Fsp3) is 0.556. The van der Waals surface area contributed by atoms with Gasteiger partial charge in [0.15, 0.2) is 0 Å². The molecule has 6 heteroatoms. The van der Waals surface area contributed by atoms with Gasteiger partial charge in [-0.05, 0) is 6.54 Å². The minimum absolute atomic E-state index is 0.0153. The molecule has 0 saturated carbocycles. The number of rotatable bonds is 2. The molecule has 0 aliphatic carbocycles. The molecule has 1 N–H and O–H groups in total. The van der Waals surface area contributed by atoms with E-state index in [4.69, 9.17) is 11.6 Å². The lowest BCUT2D eigenvalue weighted by Gasteiger charge is -2.38. The molecular weight excluding hydrogens is 218 g/mol. The zero-order valence-corrected chi connectivity index (χ0v) is 9.12. The van der Waals surface area contributed by atoms with Gasteiger partial charge in [-0.1, -0.05) is 18.5 Å². The standard InChI is InChI=1S/C9H12ClN3O2/c1-2-12-4-6(5-12)13-8(14)3-7(10)11-9(13)15/h3,6H,2,4-5H2,1H3,(H,11,15). The summed E-state index contributed by atoms with van der Waals surface area (Å²) in [7, 11) is 0. The molecule has 1 aromatic heterocycles. The van der Waals surface area contributed by atoms with Crippen molar-refractivity contribution in [2.45, 2.75) is 13.0 Å². The number of halogens is 1. The van der Waals surface area contributed by atoms with Crippen LogP contribution in [0.2, 0.25) is 5.15 Å². The van der Waals surface area contributed by atoms with Crippen molar-refractivity contribution < 1.29 is 0 Å². The van der Waals surface area contributed by atoms with E-state index in [1.807, 2.05) is 6.92 Å². The molecule has 1 aliphatic heterocycles. The summed E-state index contributed by atoms with van der Waals surface area (Å²) >= 11 is 5.56. The Morgan fingerprint density at radius 2 is 2.20 bits per heavy atom. The first-order valence-electron chi connectivity index (χ1n) is 4.85. The van der Waals surface area contributed by atoms with Crippen LogP contribution in [0, 0.1) is 0 Å². The van der Waals surface area contributed by atoms with E-state index in [-0.39, 0.29) is 16.8 Å². The molecule has 82 valence electrons. The largest absolute Gasteiger partial charge is 0.329 e. The maximum atomic E-state index is 11.5. The molecule has 0 unspecified atom stereocenters. The van der Waals surface area contributed by atoms with Gasteiger partial charge in [0, 0.05) is 19.2 Å². The SMILES string of the molecule is CCN1CC(n2c(=O)cc(Cl)[nH]c2=O)C1. The van der Waals surface area contributed by atoms with Crippen molar-refractivity contribution in [3.05, 3.63) is 32.1 Å². The number of likely N-dealkylation sites (N-methyl/N-ethyl adjacent to an activating group) is 1. The Morgan fingerprint density at radius 3 is 2.73 bits per heavy atom. The summed E-state index contributed by atoms with van der Waals surface area (Å²) in [6.45, 7) is 4.49. The normalized spacial score (nSPS) is 17.7. The third-order valence-electron chi connectivity index (χ3n) is 2.68. The minimum Gasteiger partial charge on any atom is -0.299 e. The predicted molar refractivity (Wildman–Crippen MR) is 57.5 cm³/mol. The quantitative estimate of drug-likeness (QED) is 0.730. The smallest absolute Gasteiger partial charge is 0.299 e. The highest BCUT2D eigenvalue weighted by Gasteiger charge is 2.28. The fourth-order valence-corrected chi connectivity index (χ4v) is 1.96. The van der Waals surface area contributed by atoms with Crippen LogP contribution in [0.3, 0.4) is 0 Å². The second kappa shape index (κ2) is 3.83. The Morgan fingerprint density at radius 1 is 1.53 bits per heavy atom. The van der Waals surface area contributed by atoms with Crippen molar-refractivity contribution in [1.29, 1.82) is 0 Å². The number of aromatic amines is 1. The average Bonchev–Trinajstić information content (AvgIpc) is 2.06. The Balaban J connectivity index is 2.31. The Hall–Kier alpha value is -1.07. The highest BCUT2D eigenvalue weighted by molar-refractivity contribution is 6.29. The molecule has 2 heterocycles. The number of nitrogens with one attached hydrogen (secondary N) is 1. The van der Waals surface area contributed by atoms with Crippen molar-refractivity contribution in [2.24, 2.45) is 0 Å². The molecule has 0 radical (unpaired) electrons. The first-order chi connectivity index (χ1) is 7.11. The fourth-order valence-electron chi connectivity index (χ4n) is 1.79. The van der Waals surface area contributed by atoms with Gasteiger partial charge in [0.1, 0.15) is 5.15 Å². The molecule has 1 fully saturated rings. The third-order valence-corrected chi connectivity index (χ3v) is 2.89. The Bertz CT molecular complexity index is 442. The summed E-state index contributed by atoms with van der Waals surface area (Å²) in [5.41, 5.74) is -0.752. The lowest BCUT2D eigenvalue weighted by molar-refractivity contribution is 0.108. The molecule has 1 aliphatic rings. The van der Waals surface area contributed by atoms with Crippen LogP contribution >= 0.6 is 11.6 Å². The van der Waals surface area contributed by atoms with Gasteiger partial charge in [-0.3, -0.25) is 19.2 Å². The number of hydrogen-bond donors (Lipinski definition) is 1. The second-order valence-electron chi connectivity index (χ2n) is 3.64. The Labute approximate surface area is 91.3 Å². The number of H-pyrrole nitrogens is 1. The van der Waals surface area contributed by atoms with Gasteiger partial charge in [-0.15, -0.1) is 0 Å². The molecule has 2 rings (SSSR count). The zero-order valence-electron chi connectivity index (χ0n) is 8.36. The molecule has 0 bridgehead atoms. The van der Waals surface area contributed by atoms with Crippen LogP contribution in [0.1, 0.15) is 13.0 Å². The van der Waals surface area contributed by atoms with E-state index < -0.39 is 5.69 Å². The van der Waals surface area contributed by atoms with Crippen LogP contribution in [0.15, 0.2) is 15.7 Å². The molecule has 0 amide bonds. The van der Waals surface area contributed by atoms with E-state index >= 15 is 0 Å². The molecular formula is C9H12ClN3O2. The number of hydrogen-bond acceptors (Lipinski definition) is 3. The maximum Gasteiger partial charge on any atom is 0.329 e. The molecule has 0 atom stereocenters. The molecule has 5 nitrogen and oxygen atoms in total. The van der Waals surface area contributed by atoms with Gasteiger partial charge in [-0.2, -0.15) is 0 Å². The summed E-state index contributed by atoms with van der Waals surface area (Å²) in [6, 6.07) is 1.22. The van der Waals surface area contributed by atoms with Crippen LogP contribution in [0.4, 0.5) is 0 Å². The van der Waals surface area contributed by atoms with Gasteiger partial charge in [0.2, 0.25) is 0 Å². The van der Waals surface area contributed by atoms with E-state index in [1.54, 1.807) is 0 Å². The highest BCUT2D eigenvalue weighted by Crippen LogP contribution is 2.16. The average molecular weight is 230 g/mol. The number of aromatic nitrogens is 2. The topological polar surface area (TPSA) is 58.1 Å². The molecule has 15 heavy (non-hydrogen) atoms. The zero-order chi connectivity index (χ0) is 11.0. The van der Waals surface area contributed by atoms with Crippen LogP contribution in [-0.2, 0) is 0 Å². The summed E-state index contributed by atoms with van der Waals surface area (Å²) in [4.78, 5) is 27.6. The first kappa shape index (κ1) is 10.4. The van der Waals surface area contributed by atoms with Crippen molar-refractivity contribution in [2.75, 3.05) is 19.6 Å². The molecule has 1 aromatic rings. The van der Waals surface area contributed by atoms with Crippen LogP contribution in [-0.4, -0.2) is 34.1 Å². The van der Waals surface area contributed by atoms with E-state index in [2.05, 4.69) is 9.88 Å². The first-order valence-corrected chi connectivity index (χ1v) is 5.23. The minimum atomic E-state index is -0.423. The monoisotopic (exact) mass is 229 g/mol. The summed E-state index contributed by atoms with van der Waals surface area (Å²) in [6.07, 6.45) is 0. The van der Waals surface area contributed by atoms with Crippen molar-refractivity contribution >= 4 is 11.6 Å². The van der Waals surface area contributed by atoms with Crippen LogP contribution in [0.25, 0.3) is 0 Å². The van der Waals surface area contributed by atoms with Crippen LogP contribution < -0.4 is 11.2 Å². The molecule has 0 spiro atoms. The summed E-state index contributed by atoms with van der Waals surface area (Å²) in [5, 5.41) is 0.0907. The summed E-state index contributed by atoms with van der Waals surface area (Å²) in [5.74, 6) is 0. The van der Waals surface area contributed by atoms with Gasteiger partial charge in [-0.25, -0.2) is 4.79 Å². The Kier molecular flexibility index (Phi) is 2.67. The maximum absolute atomic E-state index is 11.5. The molecule has 1 saturated heterocycles. The second-order valence-corrected chi connectivity index (χ2v) is 4.04. The van der Waals surface area contributed by atoms with E-state index in [0.29, 0.717) is 0 Å². The number of likely N-dealkylation sites (tertiary alicyclic amines) is 1. The summed E-state index contributed by atoms with van der Waals surface area (Å²) < 4.78 is 1.23. The lowest BCUT2D eigenvalue weighted by Crippen LogP contribution is -2.53. The van der Waals surface area contributed by atoms with Crippen molar-refractivity contribution in [1.82, 2.24) is 14.5 Å². The lowest BCUT2D eigenvalue weighted by atomic mass is 10.1. The predicted octanol–water partition coefficient (Wildman–Crippen LogP) is 0.0666. The van der Waals surface area contributed by atoms with Gasteiger partial charge in [0.05, 0.1) is 6.04 Å². The van der Waals surface area contributed by atoms with Crippen LogP contribution in [0.5, 0.6) is 0 Å². The highest BCUT2D eigenvalue weighted by atomic mass is 35.5. The van der Waals surface area contributed by atoms with Crippen molar-refractivity contribution in [3.63, 3.8) is 0 Å². The third kappa shape index (κ3) is 1.85.